The Morgan fingerprint density at radius 2 is 1.75 bits per heavy atom. The molecule has 5 nitrogen and oxygen atoms in total. The highest BCUT2D eigenvalue weighted by Crippen LogP contribution is 2.32. The lowest BCUT2D eigenvalue weighted by Gasteiger charge is -2.35. The number of nitrogen functional groups attached to an aromatic ring is 1. The highest BCUT2D eigenvalue weighted by atomic mass is 32.2. The molecular weight excluding hydrogens is 329 g/mol. The fourth-order valence-electron chi connectivity index (χ4n) is 2.82. The van der Waals surface area contributed by atoms with Crippen LogP contribution in [0, 0.1) is 5.82 Å². The minimum Gasteiger partial charge on any atom is -0.399 e. The summed E-state index contributed by atoms with van der Waals surface area (Å²) in [5.74, 6) is -0.576. The molecule has 0 amide bonds. The van der Waals surface area contributed by atoms with Crippen molar-refractivity contribution in [1.82, 2.24) is 4.90 Å². The molecule has 1 fully saturated rings. The monoisotopic (exact) mass is 349 g/mol. The van der Waals surface area contributed by atoms with Crippen LogP contribution in [0.1, 0.15) is 0 Å². The quantitative estimate of drug-likeness (QED) is 0.859. The highest BCUT2D eigenvalue weighted by Gasteiger charge is 2.26. The summed E-state index contributed by atoms with van der Waals surface area (Å²) in [6.45, 7) is 3.11. The number of piperazine rings is 1. The molecular formula is C17H20FN3O2S. The number of hydrogen-bond donors (Lipinski definition) is 1. The Morgan fingerprint density at radius 1 is 1.04 bits per heavy atom. The summed E-state index contributed by atoms with van der Waals surface area (Å²) >= 11 is 0. The van der Waals surface area contributed by atoms with E-state index in [-0.39, 0.29) is 9.79 Å². The zero-order chi connectivity index (χ0) is 17.3. The summed E-state index contributed by atoms with van der Waals surface area (Å²) in [4.78, 5) is 4.31. The summed E-state index contributed by atoms with van der Waals surface area (Å²) < 4.78 is 39.4. The van der Waals surface area contributed by atoms with Crippen LogP contribution < -0.4 is 10.6 Å². The van der Waals surface area contributed by atoms with Gasteiger partial charge in [0.15, 0.2) is 0 Å². The highest BCUT2D eigenvalue weighted by molar-refractivity contribution is 7.91. The minimum atomic E-state index is -3.82. The Hall–Kier alpha value is -2.12. The molecule has 0 saturated carbocycles. The van der Waals surface area contributed by atoms with Crippen LogP contribution in [-0.4, -0.2) is 46.5 Å². The van der Waals surface area contributed by atoms with Crippen LogP contribution >= 0.6 is 0 Å². The van der Waals surface area contributed by atoms with Gasteiger partial charge in [0.05, 0.1) is 15.5 Å². The van der Waals surface area contributed by atoms with Crippen molar-refractivity contribution in [2.24, 2.45) is 0 Å². The maximum atomic E-state index is 13.5. The number of likely N-dealkylation sites (N-methyl/N-ethyl adjacent to an activating group) is 1. The first kappa shape index (κ1) is 16.7. The average molecular weight is 349 g/mol. The SMILES string of the molecule is CN1CCN(c2cc(N)ccc2S(=O)(=O)c2cccc(F)c2)CC1. The first-order valence-electron chi connectivity index (χ1n) is 7.71. The maximum absolute atomic E-state index is 13.5. The van der Waals surface area contributed by atoms with Gasteiger partial charge < -0.3 is 15.5 Å². The van der Waals surface area contributed by atoms with Crippen LogP contribution in [0.2, 0.25) is 0 Å². The number of hydrogen-bond acceptors (Lipinski definition) is 5. The van der Waals surface area contributed by atoms with E-state index in [4.69, 9.17) is 5.73 Å². The number of nitrogens with two attached hydrogens (primary N) is 1. The van der Waals surface area contributed by atoms with Crippen LogP contribution in [0.5, 0.6) is 0 Å². The van der Waals surface area contributed by atoms with Crippen molar-refractivity contribution >= 4 is 21.2 Å². The summed E-state index contributed by atoms with van der Waals surface area (Å²) in [6.07, 6.45) is 0. The molecule has 1 saturated heterocycles. The zero-order valence-corrected chi connectivity index (χ0v) is 14.3. The fraction of sp³-hybridized carbons (Fsp3) is 0.294. The van der Waals surface area contributed by atoms with Gasteiger partial charge in [-0.05, 0) is 43.4 Å². The second-order valence-corrected chi connectivity index (χ2v) is 7.90. The van der Waals surface area contributed by atoms with Crippen molar-refractivity contribution in [3.05, 3.63) is 48.3 Å². The topological polar surface area (TPSA) is 66.6 Å². The first-order valence-corrected chi connectivity index (χ1v) is 9.20. The van der Waals surface area contributed by atoms with Crippen LogP contribution in [0.25, 0.3) is 0 Å². The molecule has 24 heavy (non-hydrogen) atoms. The summed E-state index contributed by atoms with van der Waals surface area (Å²) in [5.41, 5.74) is 6.95. The molecule has 0 spiro atoms. The Bertz CT molecular complexity index is 847. The van der Waals surface area contributed by atoms with E-state index in [0.29, 0.717) is 24.5 Å². The van der Waals surface area contributed by atoms with Gasteiger partial charge in [-0.1, -0.05) is 6.07 Å². The van der Waals surface area contributed by atoms with E-state index in [9.17, 15) is 12.8 Å². The van der Waals surface area contributed by atoms with Crippen molar-refractivity contribution in [1.29, 1.82) is 0 Å². The molecule has 0 radical (unpaired) electrons. The van der Waals surface area contributed by atoms with E-state index >= 15 is 0 Å². The first-order chi connectivity index (χ1) is 11.4. The van der Waals surface area contributed by atoms with Crippen LogP contribution in [-0.2, 0) is 9.84 Å². The Balaban J connectivity index is 2.07. The molecule has 3 rings (SSSR count). The Labute approximate surface area is 141 Å². The lowest BCUT2D eigenvalue weighted by atomic mass is 10.2. The Kier molecular flexibility index (Phi) is 4.47. The predicted molar refractivity (Wildman–Crippen MR) is 92.4 cm³/mol. The minimum absolute atomic E-state index is 0.0531. The summed E-state index contributed by atoms with van der Waals surface area (Å²) in [5, 5.41) is 0. The molecule has 2 aromatic rings. The molecule has 0 bridgehead atoms. The van der Waals surface area contributed by atoms with Crippen LogP contribution in [0.3, 0.4) is 0 Å². The molecule has 128 valence electrons. The van der Waals surface area contributed by atoms with Crippen molar-refractivity contribution < 1.29 is 12.8 Å². The van der Waals surface area contributed by atoms with Crippen molar-refractivity contribution in [3.63, 3.8) is 0 Å². The lowest BCUT2D eigenvalue weighted by Crippen LogP contribution is -2.45. The molecule has 1 aliphatic rings. The third-order valence-corrected chi connectivity index (χ3v) is 6.02. The Morgan fingerprint density at radius 3 is 2.42 bits per heavy atom. The van der Waals surface area contributed by atoms with Crippen molar-refractivity contribution in [3.8, 4) is 0 Å². The second kappa shape index (κ2) is 6.41. The predicted octanol–water partition coefficient (Wildman–Crippen LogP) is 1.99. The van der Waals surface area contributed by atoms with E-state index in [1.807, 2.05) is 11.9 Å². The largest absolute Gasteiger partial charge is 0.399 e. The molecule has 0 aliphatic carbocycles. The number of sulfone groups is 1. The molecule has 1 aliphatic heterocycles. The van der Waals surface area contributed by atoms with E-state index in [2.05, 4.69) is 4.90 Å². The van der Waals surface area contributed by atoms with Gasteiger partial charge in [-0.25, -0.2) is 12.8 Å². The summed E-state index contributed by atoms with van der Waals surface area (Å²) in [7, 11) is -1.79. The number of anilines is 2. The molecule has 0 atom stereocenters. The van der Waals surface area contributed by atoms with Gasteiger partial charge in [0.25, 0.3) is 0 Å². The van der Waals surface area contributed by atoms with E-state index in [1.54, 1.807) is 12.1 Å². The third-order valence-electron chi connectivity index (χ3n) is 4.22. The van der Waals surface area contributed by atoms with E-state index < -0.39 is 15.7 Å². The van der Waals surface area contributed by atoms with Crippen molar-refractivity contribution in [2.45, 2.75) is 9.79 Å². The third kappa shape index (κ3) is 3.22. The second-order valence-electron chi connectivity index (χ2n) is 5.98. The number of nitrogens with zero attached hydrogens (tertiary/aromatic N) is 2. The van der Waals surface area contributed by atoms with Crippen molar-refractivity contribution in [2.75, 3.05) is 43.9 Å². The summed E-state index contributed by atoms with van der Waals surface area (Å²) in [6, 6.07) is 9.81. The van der Waals surface area contributed by atoms with Gasteiger partial charge in [0, 0.05) is 31.9 Å². The van der Waals surface area contributed by atoms with Gasteiger partial charge in [-0.2, -0.15) is 0 Å². The van der Waals surface area contributed by atoms with Gasteiger partial charge in [0.1, 0.15) is 5.82 Å². The lowest BCUT2D eigenvalue weighted by molar-refractivity contribution is 0.312. The molecule has 1 heterocycles. The smallest absolute Gasteiger partial charge is 0.208 e. The fourth-order valence-corrected chi connectivity index (χ4v) is 4.31. The molecule has 7 heteroatoms. The van der Waals surface area contributed by atoms with E-state index in [1.165, 1.54) is 24.3 Å². The number of benzene rings is 2. The molecule has 2 aromatic carbocycles. The van der Waals surface area contributed by atoms with Gasteiger partial charge in [-0.3, -0.25) is 0 Å². The van der Waals surface area contributed by atoms with Gasteiger partial charge in [-0.15, -0.1) is 0 Å². The molecule has 2 N–H and O–H groups in total. The maximum Gasteiger partial charge on any atom is 0.208 e. The zero-order valence-electron chi connectivity index (χ0n) is 13.4. The number of halogens is 1. The van der Waals surface area contributed by atoms with E-state index in [0.717, 1.165) is 19.2 Å². The van der Waals surface area contributed by atoms with Crippen LogP contribution in [0.15, 0.2) is 52.3 Å². The number of rotatable bonds is 3. The average Bonchev–Trinajstić information content (AvgIpc) is 2.55. The molecule has 0 aromatic heterocycles. The van der Waals surface area contributed by atoms with Crippen LogP contribution in [0.4, 0.5) is 15.8 Å². The normalized spacial score (nSPS) is 16.3. The molecule has 0 unspecified atom stereocenters. The van der Waals surface area contributed by atoms with Gasteiger partial charge >= 0.3 is 0 Å². The van der Waals surface area contributed by atoms with Gasteiger partial charge in [0.2, 0.25) is 9.84 Å². The standard InChI is InChI=1S/C17H20FN3O2S/c1-20-7-9-21(10-8-20)16-12-14(19)5-6-17(16)24(22,23)15-4-2-3-13(18)11-15/h2-6,11-12H,7-10,19H2,1H3.